The van der Waals surface area contributed by atoms with Gasteiger partial charge in [0.15, 0.2) is 0 Å². The highest BCUT2D eigenvalue weighted by Gasteiger charge is 2.09. The molecule has 0 unspecified atom stereocenters. The Morgan fingerprint density at radius 2 is 1.89 bits per heavy atom. The zero-order valence-corrected chi connectivity index (χ0v) is 11.6. The predicted octanol–water partition coefficient (Wildman–Crippen LogP) is 3.89. The van der Waals surface area contributed by atoms with Gasteiger partial charge in [-0.25, -0.2) is 0 Å². The van der Waals surface area contributed by atoms with Crippen LogP contribution in [0.5, 0.6) is 0 Å². The Labute approximate surface area is 113 Å². The maximum Gasteiger partial charge on any atom is 0.232 e. The molecule has 2 aromatic rings. The molecule has 0 fully saturated rings. The van der Waals surface area contributed by atoms with Gasteiger partial charge in [-0.15, -0.1) is 0 Å². The highest BCUT2D eigenvalue weighted by molar-refractivity contribution is 5.92. The molecule has 0 saturated carbocycles. The van der Waals surface area contributed by atoms with Crippen LogP contribution in [0.4, 0.5) is 5.69 Å². The molecule has 100 valence electrons. The SMILES string of the molecule is Cc1ccoc1CC(=O)Nc1ccc(C(C)C)cc1. The van der Waals surface area contributed by atoms with E-state index < -0.39 is 0 Å². The Bertz CT molecular complexity index is 552. The van der Waals surface area contributed by atoms with Gasteiger partial charge in [0.1, 0.15) is 5.76 Å². The lowest BCUT2D eigenvalue weighted by Gasteiger charge is -2.08. The summed E-state index contributed by atoms with van der Waals surface area (Å²) in [4.78, 5) is 11.9. The molecule has 1 aromatic heterocycles. The van der Waals surface area contributed by atoms with Crippen molar-refractivity contribution in [3.8, 4) is 0 Å². The van der Waals surface area contributed by atoms with E-state index in [4.69, 9.17) is 4.42 Å². The average Bonchev–Trinajstić information content (AvgIpc) is 2.75. The second-order valence-corrected chi connectivity index (χ2v) is 5.03. The summed E-state index contributed by atoms with van der Waals surface area (Å²) in [6.45, 7) is 6.23. The van der Waals surface area contributed by atoms with Crippen molar-refractivity contribution in [1.82, 2.24) is 0 Å². The monoisotopic (exact) mass is 257 g/mol. The summed E-state index contributed by atoms with van der Waals surface area (Å²) in [5.74, 6) is 1.15. The first kappa shape index (κ1) is 13.4. The minimum atomic E-state index is -0.0599. The average molecular weight is 257 g/mol. The molecule has 3 heteroatoms. The number of anilines is 1. The molecule has 0 bridgehead atoms. The number of hydrogen-bond donors (Lipinski definition) is 1. The second kappa shape index (κ2) is 5.74. The fourth-order valence-electron chi connectivity index (χ4n) is 1.89. The van der Waals surface area contributed by atoms with Crippen LogP contribution in [0.2, 0.25) is 0 Å². The molecule has 0 radical (unpaired) electrons. The molecule has 0 spiro atoms. The minimum absolute atomic E-state index is 0.0599. The fourth-order valence-corrected chi connectivity index (χ4v) is 1.89. The van der Waals surface area contributed by atoms with E-state index >= 15 is 0 Å². The van der Waals surface area contributed by atoms with E-state index in [-0.39, 0.29) is 12.3 Å². The van der Waals surface area contributed by atoms with Gasteiger partial charge < -0.3 is 9.73 Å². The molecule has 0 aliphatic rings. The van der Waals surface area contributed by atoms with Crippen LogP contribution in [0.15, 0.2) is 41.0 Å². The largest absolute Gasteiger partial charge is 0.469 e. The third kappa shape index (κ3) is 3.47. The van der Waals surface area contributed by atoms with Gasteiger partial charge in [-0.3, -0.25) is 4.79 Å². The first-order chi connectivity index (χ1) is 9.06. The van der Waals surface area contributed by atoms with Crippen molar-refractivity contribution in [3.63, 3.8) is 0 Å². The van der Waals surface area contributed by atoms with Gasteiger partial charge in [-0.1, -0.05) is 26.0 Å². The molecule has 1 heterocycles. The molecule has 1 N–H and O–H groups in total. The van der Waals surface area contributed by atoms with Crippen LogP contribution in [-0.4, -0.2) is 5.91 Å². The van der Waals surface area contributed by atoms with Crippen LogP contribution in [0, 0.1) is 6.92 Å². The number of carbonyl (C=O) groups excluding carboxylic acids is 1. The van der Waals surface area contributed by atoms with Crippen LogP contribution in [0.3, 0.4) is 0 Å². The summed E-state index contributed by atoms with van der Waals surface area (Å²) in [6.07, 6.45) is 1.88. The van der Waals surface area contributed by atoms with Gasteiger partial charge >= 0.3 is 0 Å². The molecular weight excluding hydrogens is 238 g/mol. The van der Waals surface area contributed by atoms with Crippen LogP contribution in [0.1, 0.15) is 36.7 Å². The summed E-state index contributed by atoms with van der Waals surface area (Å²) in [6, 6.07) is 9.81. The van der Waals surface area contributed by atoms with Gasteiger partial charge in [0.25, 0.3) is 0 Å². The van der Waals surface area contributed by atoms with Gasteiger partial charge in [-0.2, -0.15) is 0 Å². The lowest BCUT2D eigenvalue weighted by Crippen LogP contribution is -2.14. The van der Waals surface area contributed by atoms with E-state index in [1.807, 2.05) is 37.3 Å². The maximum atomic E-state index is 11.9. The van der Waals surface area contributed by atoms with Crippen molar-refractivity contribution < 1.29 is 9.21 Å². The molecule has 0 aliphatic heterocycles. The number of rotatable bonds is 4. The molecular formula is C16H19NO2. The van der Waals surface area contributed by atoms with E-state index in [1.54, 1.807) is 6.26 Å². The van der Waals surface area contributed by atoms with E-state index in [9.17, 15) is 4.79 Å². The third-order valence-electron chi connectivity index (χ3n) is 3.15. The predicted molar refractivity (Wildman–Crippen MR) is 76.3 cm³/mol. The molecule has 1 amide bonds. The molecule has 0 atom stereocenters. The lowest BCUT2D eigenvalue weighted by molar-refractivity contribution is -0.115. The second-order valence-electron chi connectivity index (χ2n) is 5.03. The highest BCUT2D eigenvalue weighted by atomic mass is 16.3. The van der Waals surface area contributed by atoms with Crippen molar-refractivity contribution in [2.24, 2.45) is 0 Å². The van der Waals surface area contributed by atoms with Gasteiger partial charge in [0.2, 0.25) is 5.91 Å². The quantitative estimate of drug-likeness (QED) is 0.902. The van der Waals surface area contributed by atoms with Crippen molar-refractivity contribution >= 4 is 11.6 Å². The highest BCUT2D eigenvalue weighted by Crippen LogP contribution is 2.17. The van der Waals surface area contributed by atoms with E-state index in [2.05, 4.69) is 19.2 Å². The number of aryl methyl sites for hydroxylation is 1. The number of carbonyl (C=O) groups is 1. The molecule has 2 rings (SSSR count). The lowest BCUT2D eigenvalue weighted by atomic mass is 10.0. The minimum Gasteiger partial charge on any atom is -0.469 e. The third-order valence-corrected chi connectivity index (χ3v) is 3.15. The summed E-state index contributed by atoms with van der Waals surface area (Å²) < 4.78 is 5.26. The number of amides is 1. The van der Waals surface area contributed by atoms with Crippen LogP contribution in [-0.2, 0) is 11.2 Å². The van der Waals surface area contributed by atoms with Gasteiger partial charge in [0, 0.05) is 5.69 Å². The van der Waals surface area contributed by atoms with Crippen molar-refractivity contribution in [1.29, 1.82) is 0 Å². The Balaban J connectivity index is 1.97. The molecule has 0 saturated heterocycles. The van der Waals surface area contributed by atoms with Gasteiger partial charge in [0.05, 0.1) is 12.7 Å². The Morgan fingerprint density at radius 3 is 2.42 bits per heavy atom. The smallest absolute Gasteiger partial charge is 0.232 e. The number of nitrogens with one attached hydrogen (secondary N) is 1. The fraction of sp³-hybridized carbons (Fsp3) is 0.312. The zero-order chi connectivity index (χ0) is 13.8. The topological polar surface area (TPSA) is 42.2 Å². The van der Waals surface area contributed by atoms with Gasteiger partial charge in [-0.05, 0) is 42.2 Å². The normalized spacial score (nSPS) is 10.7. The first-order valence-electron chi connectivity index (χ1n) is 6.49. The molecule has 1 aromatic carbocycles. The standard InChI is InChI=1S/C16H19NO2/c1-11(2)13-4-6-14(7-5-13)17-16(18)10-15-12(3)8-9-19-15/h4-9,11H,10H2,1-3H3,(H,17,18). The summed E-state index contributed by atoms with van der Waals surface area (Å²) in [5, 5.41) is 2.87. The zero-order valence-electron chi connectivity index (χ0n) is 11.6. The number of furan rings is 1. The van der Waals surface area contributed by atoms with Crippen LogP contribution >= 0.6 is 0 Å². The van der Waals surface area contributed by atoms with E-state index in [1.165, 1.54) is 5.56 Å². The molecule has 0 aliphatic carbocycles. The van der Waals surface area contributed by atoms with E-state index in [0.717, 1.165) is 17.0 Å². The Kier molecular flexibility index (Phi) is 4.05. The summed E-state index contributed by atoms with van der Waals surface area (Å²) >= 11 is 0. The first-order valence-corrected chi connectivity index (χ1v) is 6.49. The Hall–Kier alpha value is -2.03. The van der Waals surface area contributed by atoms with Crippen molar-refractivity contribution in [3.05, 3.63) is 53.5 Å². The Morgan fingerprint density at radius 1 is 1.21 bits per heavy atom. The van der Waals surface area contributed by atoms with Crippen LogP contribution in [0.25, 0.3) is 0 Å². The molecule has 19 heavy (non-hydrogen) atoms. The van der Waals surface area contributed by atoms with Crippen LogP contribution < -0.4 is 5.32 Å². The van der Waals surface area contributed by atoms with E-state index in [0.29, 0.717) is 5.92 Å². The molecule has 3 nitrogen and oxygen atoms in total. The number of hydrogen-bond acceptors (Lipinski definition) is 2. The number of benzene rings is 1. The maximum absolute atomic E-state index is 11.9. The summed E-state index contributed by atoms with van der Waals surface area (Å²) in [7, 11) is 0. The van der Waals surface area contributed by atoms with Crippen molar-refractivity contribution in [2.75, 3.05) is 5.32 Å². The van der Waals surface area contributed by atoms with Crippen molar-refractivity contribution in [2.45, 2.75) is 33.1 Å². The summed E-state index contributed by atoms with van der Waals surface area (Å²) in [5.41, 5.74) is 3.09.